The highest BCUT2D eigenvalue weighted by molar-refractivity contribution is 6.30. The van der Waals surface area contributed by atoms with E-state index in [1.54, 1.807) is 12.1 Å². The third-order valence-electron chi connectivity index (χ3n) is 3.71. The fourth-order valence-corrected chi connectivity index (χ4v) is 2.75. The minimum absolute atomic E-state index is 0.0383. The second-order valence-corrected chi connectivity index (χ2v) is 5.85. The van der Waals surface area contributed by atoms with Crippen molar-refractivity contribution in [2.24, 2.45) is 5.92 Å². The first-order valence-electron chi connectivity index (χ1n) is 6.87. The van der Waals surface area contributed by atoms with Crippen LogP contribution in [0.3, 0.4) is 0 Å². The van der Waals surface area contributed by atoms with Gasteiger partial charge in [0.15, 0.2) is 0 Å². The van der Waals surface area contributed by atoms with Gasteiger partial charge < -0.3 is 5.32 Å². The van der Waals surface area contributed by atoms with E-state index in [0.29, 0.717) is 10.9 Å². The molecule has 0 saturated carbocycles. The first-order chi connectivity index (χ1) is 9.06. The van der Waals surface area contributed by atoms with Crippen LogP contribution in [0.25, 0.3) is 0 Å². The van der Waals surface area contributed by atoms with E-state index in [2.05, 4.69) is 17.1 Å². The maximum Gasteiger partial charge on any atom is 0.241 e. The number of nitrogens with zero attached hydrogens (tertiary/aromatic N) is 1. The Balaban J connectivity index is 1.95. The van der Waals surface area contributed by atoms with E-state index in [0.717, 1.165) is 18.8 Å². The molecule has 1 fully saturated rings. The number of likely N-dealkylation sites (tertiary alicyclic amines) is 1. The smallest absolute Gasteiger partial charge is 0.241 e. The minimum Gasteiger partial charge on any atom is -0.325 e. The lowest BCUT2D eigenvalue weighted by molar-refractivity contribution is -0.121. The van der Waals surface area contributed by atoms with E-state index >= 15 is 0 Å². The van der Waals surface area contributed by atoms with Crippen LogP contribution in [0.5, 0.6) is 0 Å². The Hall–Kier alpha value is -1.06. The fourth-order valence-electron chi connectivity index (χ4n) is 2.56. The summed E-state index contributed by atoms with van der Waals surface area (Å²) in [6.07, 6.45) is 2.44. The van der Waals surface area contributed by atoms with Crippen LogP contribution in [0.2, 0.25) is 5.02 Å². The minimum atomic E-state index is -0.0956. The summed E-state index contributed by atoms with van der Waals surface area (Å²) in [4.78, 5) is 14.5. The van der Waals surface area contributed by atoms with Crippen LogP contribution < -0.4 is 5.32 Å². The number of rotatable bonds is 3. The summed E-state index contributed by atoms with van der Waals surface area (Å²) in [6, 6.07) is 7.17. The summed E-state index contributed by atoms with van der Waals surface area (Å²) < 4.78 is 0. The Bertz CT molecular complexity index is 450. The van der Waals surface area contributed by atoms with E-state index in [4.69, 9.17) is 11.6 Å². The predicted octanol–water partition coefficient (Wildman–Crippen LogP) is 3.40. The van der Waals surface area contributed by atoms with Gasteiger partial charge in [-0.1, -0.05) is 24.6 Å². The number of amides is 1. The van der Waals surface area contributed by atoms with Gasteiger partial charge in [0, 0.05) is 17.3 Å². The van der Waals surface area contributed by atoms with Gasteiger partial charge in [-0.05, 0) is 50.4 Å². The third-order valence-corrected chi connectivity index (χ3v) is 3.94. The van der Waals surface area contributed by atoms with Crippen molar-refractivity contribution in [1.82, 2.24) is 4.90 Å². The maximum atomic E-state index is 12.2. The van der Waals surface area contributed by atoms with Gasteiger partial charge in [0.25, 0.3) is 0 Å². The molecule has 0 bridgehead atoms. The topological polar surface area (TPSA) is 32.3 Å². The first kappa shape index (κ1) is 14.4. The normalized spacial score (nSPS) is 21.9. The highest BCUT2D eigenvalue weighted by Crippen LogP contribution is 2.19. The molecule has 0 spiro atoms. The lowest BCUT2D eigenvalue weighted by Crippen LogP contribution is -2.46. The zero-order chi connectivity index (χ0) is 13.8. The second kappa shape index (κ2) is 6.40. The van der Waals surface area contributed by atoms with E-state index in [1.165, 1.54) is 12.8 Å². The molecular weight excluding hydrogens is 260 g/mol. The molecule has 1 aliphatic rings. The summed E-state index contributed by atoms with van der Waals surface area (Å²) in [7, 11) is 0. The van der Waals surface area contributed by atoms with E-state index < -0.39 is 0 Å². The van der Waals surface area contributed by atoms with Gasteiger partial charge in [0.1, 0.15) is 0 Å². The molecule has 1 amide bonds. The number of nitrogens with one attached hydrogen (secondary N) is 1. The van der Waals surface area contributed by atoms with Crippen molar-refractivity contribution < 1.29 is 4.79 Å². The Morgan fingerprint density at radius 3 is 3.00 bits per heavy atom. The van der Waals surface area contributed by atoms with Crippen molar-refractivity contribution in [1.29, 1.82) is 0 Å². The van der Waals surface area contributed by atoms with Crippen molar-refractivity contribution in [3.63, 3.8) is 0 Å². The lowest BCUT2D eigenvalue weighted by Gasteiger charge is -2.34. The molecule has 0 aliphatic carbocycles. The van der Waals surface area contributed by atoms with E-state index in [9.17, 15) is 4.79 Å². The molecule has 2 atom stereocenters. The molecule has 4 heteroatoms. The molecule has 1 aliphatic heterocycles. The standard InChI is InChI=1S/C15H21ClN2O/c1-11-5-4-8-18(10-11)12(2)15(19)17-14-7-3-6-13(16)9-14/h3,6-7,9,11-12H,4-5,8,10H2,1-2H3,(H,17,19)/t11-,12-/m0/s1. The van der Waals surface area contributed by atoms with Gasteiger partial charge in [-0.15, -0.1) is 0 Å². The van der Waals surface area contributed by atoms with Crippen molar-refractivity contribution >= 4 is 23.2 Å². The maximum absolute atomic E-state index is 12.2. The van der Waals surface area contributed by atoms with Gasteiger partial charge in [-0.25, -0.2) is 0 Å². The number of anilines is 1. The Morgan fingerprint density at radius 2 is 2.32 bits per heavy atom. The summed E-state index contributed by atoms with van der Waals surface area (Å²) in [5.74, 6) is 0.714. The summed E-state index contributed by atoms with van der Waals surface area (Å²) in [6.45, 7) is 6.23. The molecule has 104 valence electrons. The van der Waals surface area contributed by atoms with Crippen molar-refractivity contribution in [3.05, 3.63) is 29.3 Å². The van der Waals surface area contributed by atoms with Crippen LogP contribution in [0.15, 0.2) is 24.3 Å². The molecule has 0 unspecified atom stereocenters. The molecule has 1 aromatic carbocycles. The Kier molecular flexibility index (Phi) is 4.83. The average Bonchev–Trinajstić information content (AvgIpc) is 2.38. The monoisotopic (exact) mass is 280 g/mol. The van der Waals surface area contributed by atoms with Gasteiger partial charge >= 0.3 is 0 Å². The van der Waals surface area contributed by atoms with Crippen LogP contribution >= 0.6 is 11.6 Å². The molecule has 1 saturated heterocycles. The average molecular weight is 281 g/mol. The van der Waals surface area contributed by atoms with Crippen LogP contribution in [0.4, 0.5) is 5.69 Å². The van der Waals surface area contributed by atoms with Crippen LogP contribution in [0, 0.1) is 5.92 Å². The summed E-state index contributed by atoms with van der Waals surface area (Å²) >= 11 is 5.91. The van der Waals surface area contributed by atoms with Gasteiger partial charge in [-0.2, -0.15) is 0 Å². The van der Waals surface area contributed by atoms with Gasteiger partial charge in [0.2, 0.25) is 5.91 Å². The molecule has 2 rings (SSSR count). The molecule has 0 aromatic heterocycles. The quantitative estimate of drug-likeness (QED) is 0.920. The van der Waals surface area contributed by atoms with E-state index in [-0.39, 0.29) is 11.9 Å². The molecule has 1 aromatic rings. The number of hydrogen-bond acceptors (Lipinski definition) is 2. The lowest BCUT2D eigenvalue weighted by atomic mass is 9.99. The van der Waals surface area contributed by atoms with Crippen molar-refractivity contribution in [3.8, 4) is 0 Å². The SMILES string of the molecule is C[C@H]1CCCN([C@@H](C)C(=O)Nc2cccc(Cl)c2)C1. The van der Waals surface area contributed by atoms with Crippen molar-refractivity contribution in [2.45, 2.75) is 32.7 Å². The second-order valence-electron chi connectivity index (χ2n) is 5.42. The number of piperidine rings is 1. The zero-order valence-electron chi connectivity index (χ0n) is 11.5. The highest BCUT2D eigenvalue weighted by Gasteiger charge is 2.25. The number of halogens is 1. The van der Waals surface area contributed by atoms with Gasteiger partial charge in [0.05, 0.1) is 6.04 Å². The summed E-state index contributed by atoms with van der Waals surface area (Å²) in [5, 5.41) is 3.57. The molecule has 3 nitrogen and oxygen atoms in total. The molecular formula is C15H21ClN2O. The number of carbonyl (C=O) groups excluding carboxylic acids is 1. The number of benzene rings is 1. The molecule has 0 radical (unpaired) electrons. The zero-order valence-corrected chi connectivity index (χ0v) is 12.3. The largest absolute Gasteiger partial charge is 0.325 e. The van der Waals surface area contributed by atoms with Crippen molar-refractivity contribution in [2.75, 3.05) is 18.4 Å². The Labute approximate surface area is 119 Å². The number of hydrogen-bond donors (Lipinski definition) is 1. The number of carbonyl (C=O) groups is 1. The molecule has 19 heavy (non-hydrogen) atoms. The third kappa shape index (κ3) is 3.95. The molecule has 1 heterocycles. The molecule has 1 N–H and O–H groups in total. The predicted molar refractivity (Wildman–Crippen MR) is 79.5 cm³/mol. The van der Waals surface area contributed by atoms with Crippen LogP contribution in [-0.4, -0.2) is 29.9 Å². The van der Waals surface area contributed by atoms with Gasteiger partial charge in [-0.3, -0.25) is 9.69 Å². The summed E-state index contributed by atoms with van der Waals surface area (Å²) in [5.41, 5.74) is 0.759. The Morgan fingerprint density at radius 1 is 1.53 bits per heavy atom. The van der Waals surface area contributed by atoms with Crippen LogP contribution in [-0.2, 0) is 4.79 Å². The van der Waals surface area contributed by atoms with Crippen LogP contribution in [0.1, 0.15) is 26.7 Å². The highest BCUT2D eigenvalue weighted by atomic mass is 35.5. The fraction of sp³-hybridized carbons (Fsp3) is 0.533. The van der Waals surface area contributed by atoms with E-state index in [1.807, 2.05) is 19.1 Å². The first-order valence-corrected chi connectivity index (χ1v) is 7.24.